The Kier molecular flexibility index (Phi) is 5.61. The van der Waals surface area contributed by atoms with E-state index in [1.807, 2.05) is 38.1 Å². The molecule has 5 rings (SSSR count). The van der Waals surface area contributed by atoms with Crippen LogP contribution in [0.2, 0.25) is 0 Å². The second-order valence-electron chi connectivity index (χ2n) is 8.67. The lowest BCUT2D eigenvalue weighted by Crippen LogP contribution is -2.31. The van der Waals surface area contributed by atoms with Crippen molar-refractivity contribution in [1.29, 1.82) is 0 Å². The summed E-state index contributed by atoms with van der Waals surface area (Å²) in [5.41, 5.74) is 4.91. The average Bonchev–Trinajstić information content (AvgIpc) is 3.24. The van der Waals surface area contributed by atoms with Crippen LogP contribution in [0.4, 0.5) is 20.7 Å². The highest BCUT2D eigenvalue weighted by Gasteiger charge is 2.26. The molecule has 2 aromatic carbocycles. The minimum absolute atomic E-state index is 0.0489. The summed E-state index contributed by atoms with van der Waals surface area (Å²) in [7, 11) is 0. The Morgan fingerprint density at radius 1 is 1.15 bits per heavy atom. The predicted molar refractivity (Wildman–Crippen MR) is 124 cm³/mol. The summed E-state index contributed by atoms with van der Waals surface area (Å²) in [4.78, 5) is 34.4. The Morgan fingerprint density at radius 2 is 1.97 bits per heavy atom. The first-order valence-electron chi connectivity index (χ1n) is 11.2. The van der Waals surface area contributed by atoms with Gasteiger partial charge in [0, 0.05) is 36.4 Å². The number of nitrogens with zero attached hydrogens (tertiary/aromatic N) is 3. The van der Waals surface area contributed by atoms with E-state index >= 15 is 0 Å². The van der Waals surface area contributed by atoms with E-state index in [1.165, 1.54) is 0 Å². The fourth-order valence-electron chi connectivity index (χ4n) is 4.18. The first-order chi connectivity index (χ1) is 16.4. The van der Waals surface area contributed by atoms with Crippen LogP contribution in [0.25, 0.3) is 11.4 Å². The van der Waals surface area contributed by atoms with Gasteiger partial charge in [-0.1, -0.05) is 12.1 Å². The number of halogens is 1. The highest BCUT2D eigenvalue weighted by Crippen LogP contribution is 2.29. The van der Waals surface area contributed by atoms with Crippen LogP contribution in [0.15, 0.2) is 42.6 Å². The molecule has 34 heavy (non-hydrogen) atoms. The Bertz CT molecular complexity index is 1290. The number of hydrogen-bond acceptors (Lipinski definition) is 6. The number of hydrogen-bond donors (Lipinski definition) is 2. The van der Waals surface area contributed by atoms with E-state index in [0.29, 0.717) is 43.1 Å². The summed E-state index contributed by atoms with van der Waals surface area (Å²) < 4.78 is 19.8. The summed E-state index contributed by atoms with van der Waals surface area (Å²) in [5.74, 6) is -0.265. The minimum Gasteiger partial charge on any atom is -0.447 e. The largest absolute Gasteiger partial charge is 0.447 e. The van der Waals surface area contributed by atoms with E-state index in [9.17, 15) is 14.0 Å². The lowest BCUT2D eigenvalue weighted by molar-refractivity contribution is 0.0760. The predicted octanol–water partition coefficient (Wildman–Crippen LogP) is 4.17. The van der Waals surface area contributed by atoms with Gasteiger partial charge in [0.1, 0.15) is 0 Å². The standard InChI is InChI=1S/C25H24FN5O3/c1-14(2)34-25(33)31-12-17-4-3-16(9-18(17)13-31)22-28-11-21(26)23(30-22)29-19-5-6-20-15(10-19)7-8-27-24(20)32/h3-6,9-11,14H,7-8,12-13H2,1-2H3,(H,27,32)(H,28,29,30). The first-order valence-corrected chi connectivity index (χ1v) is 11.2. The van der Waals surface area contributed by atoms with Gasteiger partial charge in [0.2, 0.25) is 0 Å². The van der Waals surface area contributed by atoms with Crippen molar-refractivity contribution in [2.45, 2.75) is 39.5 Å². The average molecular weight is 461 g/mol. The molecule has 2 aliphatic rings. The maximum absolute atomic E-state index is 14.5. The molecule has 9 heteroatoms. The molecule has 2 aliphatic heterocycles. The molecule has 3 heterocycles. The van der Waals surface area contributed by atoms with Crippen molar-refractivity contribution in [3.8, 4) is 11.4 Å². The molecular formula is C25H24FN5O3. The SMILES string of the molecule is CC(C)OC(=O)N1Cc2ccc(-c3ncc(F)c(Nc4ccc5c(c4)CCNC5=O)n3)cc2C1. The van der Waals surface area contributed by atoms with Crippen molar-refractivity contribution >= 4 is 23.5 Å². The van der Waals surface area contributed by atoms with Gasteiger partial charge in [0.25, 0.3) is 5.91 Å². The number of aromatic nitrogens is 2. The van der Waals surface area contributed by atoms with Gasteiger partial charge in [-0.05, 0) is 61.2 Å². The number of carbonyl (C=O) groups is 2. The van der Waals surface area contributed by atoms with Crippen LogP contribution >= 0.6 is 0 Å². The highest BCUT2D eigenvalue weighted by molar-refractivity contribution is 5.97. The Balaban J connectivity index is 1.37. The monoisotopic (exact) mass is 461 g/mol. The topological polar surface area (TPSA) is 96.5 Å². The number of amides is 2. The van der Waals surface area contributed by atoms with Gasteiger partial charge in [-0.2, -0.15) is 0 Å². The quantitative estimate of drug-likeness (QED) is 0.605. The van der Waals surface area contributed by atoms with Gasteiger partial charge in [-0.15, -0.1) is 0 Å². The molecule has 8 nitrogen and oxygen atoms in total. The van der Waals surface area contributed by atoms with Crippen LogP contribution in [-0.2, 0) is 24.2 Å². The molecule has 0 saturated heterocycles. The van der Waals surface area contributed by atoms with E-state index in [-0.39, 0.29) is 23.9 Å². The molecule has 0 aliphatic carbocycles. The Hall–Kier alpha value is -4.01. The fraction of sp³-hybridized carbons (Fsp3) is 0.280. The molecule has 0 bridgehead atoms. The lowest BCUT2D eigenvalue weighted by Gasteiger charge is -2.17. The third-order valence-corrected chi connectivity index (χ3v) is 5.82. The van der Waals surface area contributed by atoms with E-state index in [1.54, 1.807) is 17.0 Å². The molecule has 3 aromatic rings. The van der Waals surface area contributed by atoms with Gasteiger partial charge in [-0.3, -0.25) is 9.69 Å². The number of rotatable bonds is 4. The van der Waals surface area contributed by atoms with E-state index in [2.05, 4.69) is 20.6 Å². The summed E-state index contributed by atoms with van der Waals surface area (Å²) in [6, 6.07) is 11.0. The molecule has 0 spiro atoms. The Labute approximate surface area is 196 Å². The summed E-state index contributed by atoms with van der Waals surface area (Å²) in [5, 5.41) is 5.82. The summed E-state index contributed by atoms with van der Waals surface area (Å²) in [6.07, 6.45) is 1.32. The van der Waals surface area contributed by atoms with E-state index in [0.717, 1.165) is 28.5 Å². The van der Waals surface area contributed by atoms with Crippen molar-refractivity contribution in [2.75, 3.05) is 11.9 Å². The zero-order chi connectivity index (χ0) is 23.8. The number of fused-ring (bicyclic) bond motifs is 2. The number of carbonyl (C=O) groups excluding carboxylic acids is 2. The zero-order valence-electron chi connectivity index (χ0n) is 18.9. The maximum Gasteiger partial charge on any atom is 0.410 e. The van der Waals surface area contributed by atoms with Crippen molar-refractivity contribution in [1.82, 2.24) is 20.2 Å². The van der Waals surface area contributed by atoms with Crippen LogP contribution in [0.5, 0.6) is 0 Å². The molecule has 0 unspecified atom stereocenters. The number of anilines is 2. The van der Waals surface area contributed by atoms with Gasteiger partial charge in [0.15, 0.2) is 17.5 Å². The second-order valence-corrected chi connectivity index (χ2v) is 8.67. The van der Waals surface area contributed by atoms with E-state index in [4.69, 9.17) is 4.74 Å². The van der Waals surface area contributed by atoms with E-state index < -0.39 is 5.82 Å². The maximum atomic E-state index is 14.5. The normalized spacial score (nSPS) is 14.5. The molecule has 0 fully saturated rings. The minimum atomic E-state index is -0.581. The van der Waals surface area contributed by atoms with Gasteiger partial charge >= 0.3 is 6.09 Å². The van der Waals surface area contributed by atoms with Crippen LogP contribution < -0.4 is 10.6 Å². The molecule has 174 valence electrons. The van der Waals surface area contributed by atoms with Crippen LogP contribution in [0.3, 0.4) is 0 Å². The third-order valence-electron chi connectivity index (χ3n) is 5.82. The van der Waals surface area contributed by atoms with Gasteiger partial charge in [-0.25, -0.2) is 19.2 Å². The molecular weight excluding hydrogens is 437 g/mol. The second kappa shape index (κ2) is 8.74. The van der Waals surface area contributed by atoms with Crippen molar-refractivity contribution in [2.24, 2.45) is 0 Å². The van der Waals surface area contributed by atoms with Crippen LogP contribution in [-0.4, -0.2) is 39.5 Å². The fourth-order valence-corrected chi connectivity index (χ4v) is 4.18. The number of ether oxygens (including phenoxy) is 1. The van der Waals surface area contributed by atoms with Gasteiger partial charge in [0.05, 0.1) is 12.3 Å². The molecule has 0 saturated carbocycles. The van der Waals surface area contributed by atoms with Crippen molar-refractivity contribution in [3.63, 3.8) is 0 Å². The van der Waals surface area contributed by atoms with Gasteiger partial charge < -0.3 is 15.4 Å². The van der Waals surface area contributed by atoms with Crippen LogP contribution in [0, 0.1) is 5.82 Å². The Morgan fingerprint density at radius 3 is 2.79 bits per heavy atom. The molecule has 0 atom stereocenters. The zero-order valence-corrected chi connectivity index (χ0v) is 18.9. The smallest absolute Gasteiger partial charge is 0.410 e. The molecule has 0 radical (unpaired) electrons. The number of benzene rings is 2. The summed E-state index contributed by atoms with van der Waals surface area (Å²) in [6.45, 7) is 5.12. The number of nitrogens with one attached hydrogen (secondary N) is 2. The molecule has 1 aromatic heterocycles. The molecule has 2 N–H and O–H groups in total. The summed E-state index contributed by atoms with van der Waals surface area (Å²) >= 11 is 0. The molecule has 2 amide bonds. The first kappa shape index (κ1) is 21.8. The van der Waals surface area contributed by atoms with Crippen LogP contribution in [0.1, 0.15) is 40.9 Å². The lowest BCUT2D eigenvalue weighted by atomic mass is 10.00. The van der Waals surface area contributed by atoms with Crippen molar-refractivity contribution < 1.29 is 18.7 Å². The third kappa shape index (κ3) is 4.28. The van der Waals surface area contributed by atoms with Crippen molar-refractivity contribution in [3.05, 3.63) is 70.7 Å². The highest BCUT2D eigenvalue weighted by atomic mass is 19.1.